The third-order valence-corrected chi connectivity index (χ3v) is 5.11. The first-order chi connectivity index (χ1) is 13.1. The molecule has 3 aromatic rings. The molecule has 3 rings (SSSR count). The highest BCUT2D eigenvalue weighted by Crippen LogP contribution is 2.12. The number of esters is 1. The topological polar surface area (TPSA) is 76.5 Å². The largest absolute Gasteiger partial charge is 0.469 e. The molecule has 0 fully saturated rings. The number of hydrogen-bond donors (Lipinski definition) is 1. The van der Waals surface area contributed by atoms with E-state index < -0.39 is 5.97 Å². The molecular weight excluding hydrogens is 362 g/mol. The zero-order valence-electron chi connectivity index (χ0n) is 15.3. The van der Waals surface area contributed by atoms with E-state index in [2.05, 4.69) is 16.2 Å². The summed E-state index contributed by atoms with van der Waals surface area (Å²) >= 11 is 1.69. The van der Waals surface area contributed by atoms with Crippen LogP contribution in [0.3, 0.4) is 0 Å². The Kier molecular flexibility index (Phi) is 6.03. The first-order valence-corrected chi connectivity index (χ1v) is 9.48. The fraction of sp³-hybridized carbons (Fsp3) is 0.250. The summed E-state index contributed by atoms with van der Waals surface area (Å²) in [6.07, 6.45) is 0.803. The summed E-state index contributed by atoms with van der Waals surface area (Å²) < 4.78 is 6.20. The molecule has 0 amide bonds. The first-order valence-electron chi connectivity index (χ1n) is 8.60. The summed E-state index contributed by atoms with van der Waals surface area (Å²) in [5.41, 5.74) is 2.02. The monoisotopic (exact) mass is 383 g/mol. The van der Waals surface area contributed by atoms with Gasteiger partial charge in [-0.1, -0.05) is 24.3 Å². The van der Waals surface area contributed by atoms with Crippen molar-refractivity contribution in [3.05, 3.63) is 74.3 Å². The van der Waals surface area contributed by atoms with Gasteiger partial charge in [0, 0.05) is 23.6 Å². The molecule has 7 heteroatoms. The summed E-state index contributed by atoms with van der Waals surface area (Å²) in [5.74, 6) is -0.413. The van der Waals surface area contributed by atoms with Crippen molar-refractivity contribution in [2.45, 2.75) is 19.8 Å². The number of aromatic amines is 1. The molecule has 27 heavy (non-hydrogen) atoms. The van der Waals surface area contributed by atoms with E-state index in [0.717, 1.165) is 6.42 Å². The van der Waals surface area contributed by atoms with E-state index in [9.17, 15) is 9.59 Å². The number of aromatic nitrogens is 2. The normalized spacial score (nSPS) is 11.6. The Labute approximate surface area is 161 Å². The number of carbonyl (C=O) groups excluding carboxylic acids is 1. The van der Waals surface area contributed by atoms with Crippen LogP contribution in [0.15, 0.2) is 57.6 Å². The molecule has 1 aromatic carbocycles. The van der Waals surface area contributed by atoms with Crippen LogP contribution in [0.5, 0.6) is 0 Å². The van der Waals surface area contributed by atoms with E-state index in [-0.39, 0.29) is 12.0 Å². The maximum Gasteiger partial charge on any atom is 0.311 e. The zero-order valence-corrected chi connectivity index (χ0v) is 16.1. The van der Waals surface area contributed by atoms with Crippen LogP contribution in [0.25, 0.3) is 5.69 Å². The third kappa shape index (κ3) is 4.43. The molecule has 2 heterocycles. The quantitative estimate of drug-likeness (QED) is 0.503. The molecule has 2 aromatic heterocycles. The van der Waals surface area contributed by atoms with Crippen molar-refractivity contribution in [3.63, 3.8) is 0 Å². The van der Waals surface area contributed by atoms with Crippen LogP contribution >= 0.6 is 11.3 Å². The van der Waals surface area contributed by atoms with E-state index in [4.69, 9.17) is 4.74 Å². The van der Waals surface area contributed by atoms with Gasteiger partial charge in [0.15, 0.2) is 0 Å². The Balaban J connectivity index is 1.94. The van der Waals surface area contributed by atoms with Crippen LogP contribution in [0.1, 0.15) is 23.1 Å². The molecule has 0 saturated heterocycles. The van der Waals surface area contributed by atoms with E-state index in [0.29, 0.717) is 29.2 Å². The Hall–Kier alpha value is -2.93. The van der Waals surface area contributed by atoms with E-state index in [1.54, 1.807) is 18.3 Å². The van der Waals surface area contributed by atoms with E-state index in [1.165, 1.54) is 16.7 Å². The number of thiophene rings is 1. The Morgan fingerprint density at radius 1 is 1.22 bits per heavy atom. The van der Waals surface area contributed by atoms with Gasteiger partial charge >= 0.3 is 5.97 Å². The maximum atomic E-state index is 13.0. The minimum Gasteiger partial charge on any atom is -0.469 e. The maximum absolute atomic E-state index is 13.0. The highest BCUT2D eigenvalue weighted by atomic mass is 32.1. The number of methoxy groups -OCH3 is 1. The number of H-pyrrole nitrogens is 1. The number of para-hydroxylation sites is 1. The molecule has 0 aliphatic carbocycles. The minimum atomic E-state index is -0.413. The standard InChI is InChI=1S/C20H21N3O3S/c1-14(21-11-10-16-9-6-12-27-16)19-17(13-18(24)26-2)22-23(20(19)25)15-7-4-3-5-8-15/h3-9,12,22H,10-11,13H2,1-2H3. The number of benzene rings is 1. The van der Waals surface area contributed by atoms with Gasteiger partial charge in [-0.2, -0.15) is 0 Å². The van der Waals surface area contributed by atoms with Crippen LogP contribution in [0, 0.1) is 0 Å². The van der Waals surface area contributed by atoms with Gasteiger partial charge in [-0.3, -0.25) is 19.7 Å². The molecular formula is C20H21N3O3S. The summed E-state index contributed by atoms with van der Waals surface area (Å²) in [4.78, 5) is 30.6. The number of nitrogens with zero attached hydrogens (tertiary/aromatic N) is 2. The molecule has 0 radical (unpaired) electrons. The zero-order chi connectivity index (χ0) is 19.2. The predicted octanol–water partition coefficient (Wildman–Crippen LogP) is 2.99. The molecule has 0 aliphatic heterocycles. The van der Waals surface area contributed by atoms with E-state index >= 15 is 0 Å². The third-order valence-electron chi connectivity index (χ3n) is 4.18. The summed E-state index contributed by atoms with van der Waals surface area (Å²) in [5, 5.41) is 5.07. The highest BCUT2D eigenvalue weighted by molar-refractivity contribution is 7.09. The number of rotatable bonds is 7. The predicted molar refractivity (Wildman–Crippen MR) is 107 cm³/mol. The average molecular weight is 383 g/mol. The number of aliphatic imine (C=N–C) groups is 1. The van der Waals surface area contributed by atoms with Crippen molar-refractivity contribution in [1.29, 1.82) is 0 Å². The van der Waals surface area contributed by atoms with Gasteiger partial charge in [0.2, 0.25) is 0 Å². The first kappa shape index (κ1) is 18.8. The van der Waals surface area contributed by atoms with Crippen molar-refractivity contribution < 1.29 is 9.53 Å². The van der Waals surface area contributed by atoms with Crippen LogP contribution in [0.4, 0.5) is 0 Å². The van der Waals surface area contributed by atoms with Gasteiger partial charge in [-0.25, -0.2) is 4.68 Å². The lowest BCUT2D eigenvalue weighted by atomic mass is 10.1. The van der Waals surface area contributed by atoms with Gasteiger partial charge in [0.1, 0.15) is 0 Å². The van der Waals surface area contributed by atoms with Crippen LogP contribution in [-0.2, 0) is 22.4 Å². The Bertz CT molecular complexity index is 985. The second-order valence-corrected chi connectivity index (χ2v) is 7.02. The fourth-order valence-corrected chi connectivity index (χ4v) is 3.52. The Morgan fingerprint density at radius 3 is 2.67 bits per heavy atom. The lowest BCUT2D eigenvalue weighted by Crippen LogP contribution is -2.20. The van der Waals surface area contributed by atoms with Crippen LogP contribution < -0.4 is 5.56 Å². The molecule has 0 bridgehead atoms. The van der Waals surface area contributed by atoms with Crippen molar-refractivity contribution in [1.82, 2.24) is 9.78 Å². The lowest BCUT2D eigenvalue weighted by molar-refractivity contribution is -0.139. The van der Waals surface area contributed by atoms with Gasteiger partial charge in [-0.05, 0) is 30.5 Å². The molecule has 0 unspecified atom stereocenters. The summed E-state index contributed by atoms with van der Waals surface area (Å²) in [6.45, 7) is 2.38. The number of hydrogen-bond acceptors (Lipinski definition) is 5. The van der Waals surface area contributed by atoms with Crippen LogP contribution in [-0.4, -0.2) is 35.1 Å². The van der Waals surface area contributed by atoms with Crippen molar-refractivity contribution in [3.8, 4) is 5.69 Å². The van der Waals surface area contributed by atoms with Gasteiger partial charge in [0.05, 0.1) is 30.5 Å². The highest BCUT2D eigenvalue weighted by Gasteiger charge is 2.20. The molecule has 6 nitrogen and oxygen atoms in total. The number of ether oxygens (including phenoxy) is 1. The number of carbonyl (C=O) groups is 1. The molecule has 0 spiro atoms. The van der Waals surface area contributed by atoms with Gasteiger partial charge in [0.25, 0.3) is 5.56 Å². The summed E-state index contributed by atoms with van der Waals surface area (Å²) in [7, 11) is 1.33. The number of nitrogens with one attached hydrogen (secondary N) is 1. The van der Waals surface area contributed by atoms with Crippen LogP contribution in [0.2, 0.25) is 0 Å². The smallest absolute Gasteiger partial charge is 0.311 e. The second kappa shape index (κ2) is 8.64. The van der Waals surface area contributed by atoms with Crippen molar-refractivity contribution in [2.24, 2.45) is 4.99 Å². The van der Waals surface area contributed by atoms with E-state index in [1.807, 2.05) is 41.8 Å². The molecule has 0 saturated carbocycles. The van der Waals surface area contributed by atoms with Crippen molar-refractivity contribution in [2.75, 3.05) is 13.7 Å². The van der Waals surface area contributed by atoms with Crippen molar-refractivity contribution >= 4 is 23.0 Å². The molecule has 140 valence electrons. The molecule has 0 atom stereocenters. The SMILES string of the molecule is COC(=O)Cc1[nH]n(-c2ccccc2)c(=O)c1C(C)=NCCc1cccs1. The van der Waals surface area contributed by atoms with Gasteiger partial charge in [-0.15, -0.1) is 11.3 Å². The average Bonchev–Trinajstić information content (AvgIpc) is 3.30. The molecule has 0 aliphatic rings. The van der Waals surface area contributed by atoms with Gasteiger partial charge < -0.3 is 4.74 Å². The fourth-order valence-electron chi connectivity index (χ4n) is 2.83. The second-order valence-electron chi connectivity index (χ2n) is 5.99. The molecule has 1 N–H and O–H groups in total. The lowest BCUT2D eigenvalue weighted by Gasteiger charge is -2.02. The Morgan fingerprint density at radius 2 is 2.00 bits per heavy atom. The summed E-state index contributed by atoms with van der Waals surface area (Å²) in [6, 6.07) is 13.3. The minimum absolute atomic E-state index is 0.0152.